The molecule has 4 nitrogen and oxygen atoms in total. The SMILES string of the molecule is O=C(Cn1cc(Br)cn1)c1ccc2c(c1)CCO2. The summed E-state index contributed by atoms with van der Waals surface area (Å²) in [6.07, 6.45) is 4.34. The number of ketones is 1. The highest BCUT2D eigenvalue weighted by Gasteiger charge is 2.15. The molecule has 0 bridgehead atoms. The number of Topliss-reactive ketones (excluding diaryl/α,β-unsaturated/α-hetero) is 1. The summed E-state index contributed by atoms with van der Waals surface area (Å²) in [5.41, 5.74) is 1.83. The van der Waals surface area contributed by atoms with Crippen LogP contribution in [0.5, 0.6) is 5.75 Å². The Morgan fingerprint density at radius 2 is 2.39 bits per heavy atom. The molecular weight excluding hydrogens is 296 g/mol. The molecular formula is C13H11BrN2O2. The van der Waals surface area contributed by atoms with Gasteiger partial charge in [-0.1, -0.05) is 0 Å². The summed E-state index contributed by atoms with van der Waals surface area (Å²) in [4.78, 5) is 12.1. The number of ether oxygens (including phenoxy) is 1. The summed E-state index contributed by atoms with van der Waals surface area (Å²) < 4.78 is 7.91. The Bertz CT molecular complexity index is 607. The maximum atomic E-state index is 12.1. The van der Waals surface area contributed by atoms with Crippen molar-refractivity contribution in [1.82, 2.24) is 9.78 Å². The summed E-state index contributed by atoms with van der Waals surface area (Å²) >= 11 is 3.31. The molecule has 1 aromatic heterocycles. The number of carbonyl (C=O) groups is 1. The number of hydrogen-bond acceptors (Lipinski definition) is 3. The lowest BCUT2D eigenvalue weighted by Crippen LogP contribution is -2.10. The van der Waals surface area contributed by atoms with Gasteiger partial charge in [-0.15, -0.1) is 0 Å². The number of halogens is 1. The van der Waals surface area contributed by atoms with Crippen LogP contribution in [-0.2, 0) is 13.0 Å². The Morgan fingerprint density at radius 1 is 1.50 bits per heavy atom. The van der Waals surface area contributed by atoms with E-state index in [9.17, 15) is 4.79 Å². The van der Waals surface area contributed by atoms with E-state index in [0.29, 0.717) is 12.2 Å². The fourth-order valence-electron chi connectivity index (χ4n) is 2.02. The van der Waals surface area contributed by atoms with Gasteiger partial charge >= 0.3 is 0 Å². The number of aromatic nitrogens is 2. The minimum absolute atomic E-state index is 0.0558. The Kier molecular flexibility index (Phi) is 2.91. The second-order valence-electron chi connectivity index (χ2n) is 4.20. The van der Waals surface area contributed by atoms with Crippen molar-refractivity contribution in [2.24, 2.45) is 0 Å². The van der Waals surface area contributed by atoms with E-state index >= 15 is 0 Å². The van der Waals surface area contributed by atoms with Crippen LogP contribution in [0.4, 0.5) is 0 Å². The van der Waals surface area contributed by atoms with Crippen LogP contribution in [0, 0.1) is 0 Å². The van der Waals surface area contributed by atoms with Crippen LogP contribution in [0.2, 0.25) is 0 Å². The normalized spacial score (nSPS) is 13.2. The van der Waals surface area contributed by atoms with Gasteiger partial charge in [0.1, 0.15) is 12.3 Å². The highest BCUT2D eigenvalue weighted by Crippen LogP contribution is 2.26. The van der Waals surface area contributed by atoms with Crippen molar-refractivity contribution in [1.29, 1.82) is 0 Å². The van der Waals surface area contributed by atoms with Crippen LogP contribution in [0.15, 0.2) is 35.1 Å². The zero-order valence-corrected chi connectivity index (χ0v) is 11.2. The molecule has 0 radical (unpaired) electrons. The molecule has 1 aromatic carbocycles. The Hall–Kier alpha value is -1.62. The van der Waals surface area contributed by atoms with Gasteiger partial charge in [0.15, 0.2) is 5.78 Å². The Labute approximate surface area is 113 Å². The lowest BCUT2D eigenvalue weighted by molar-refractivity contribution is 0.0967. The molecule has 0 fully saturated rings. The first kappa shape index (κ1) is 11.5. The Morgan fingerprint density at radius 3 is 3.17 bits per heavy atom. The van der Waals surface area contributed by atoms with E-state index in [1.807, 2.05) is 18.2 Å². The second kappa shape index (κ2) is 4.57. The molecule has 1 aliphatic heterocycles. The van der Waals surface area contributed by atoms with Crippen LogP contribution < -0.4 is 4.74 Å². The number of benzene rings is 1. The number of hydrogen-bond donors (Lipinski definition) is 0. The molecule has 0 spiro atoms. The van der Waals surface area contributed by atoms with Crippen molar-refractivity contribution in [3.63, 3.8) is 0 Å². The molecule has 2 heterocycles. The van der Waals surface area contributed by atoms with E-state index in [1.54, 1.807) is 17.1 Å². The third kappa shape index (κ3) is 2.18. The molecule has 0 atom stereocenters. The number of rotatable bonds is 3. The van der Waals surface area contributed by atoms with Gasteiger partial charge in [0.25, 0.3) is 0 Å². The van der Waals surface area contributed by atoms with Crippen molar-refractivity contribution in [3.8, 4) is 5.75 Å². The predicted molar refractivity (Wildman–Crippen MR) is 69.9 cm³/mol. The molecule has 0 aliphatic carbocycles. The van der Waals surface area contributed by atoms with Crippen molar-refractivity contribution in [2.75, 3.05) is 6.61 Å². The van der Waals surface area contributed by atoms with Crippen molar-refractivity contribution in [3.05, 3.63) is 46.2 Å². The van der Waals surface area contributed by atoms with E-state index in [0.717, 1.165) is 22.2 Å². The first-order valence-corrected chi connectivity index (χ1v) is 6.48. The molecule has 92 valence electrons. The second-order valence-corrected chi connectivity index (χ2v) is 5.12. The lowest BCUT2D eigenvalue weighted by atomic mass is 10.1. The molecule has 5 heteroatoms. The molecule has 0 N–H and O–H groups in total. The zero-order chi connectivity index (χ0) is 12.5. The summed E-state index contributed by atoms with van der Waals surface area (Å²) in [5.74, 6) is 0.952. The maximum Gasteiger partial charge on any atom is 0.184 e. The molecule has 2 aromatic rings. The van der Waals surface area contributed by atoms with Gasteiger partial charge in [-0.05, 0) is 39.7 Å². The van der Waals surface area contributed by atoms with Gasteiger partial charge in [0.2, 0.25) is 0 Å². The highest BCUT2D eigenvalue weighted by atomic mass is 79.9. The summed E-state index contributed by atoms with van der Waals surface area (Å²) in [7, 11) is 0. The van der Waals surface area contributed by atoms with Gasteiger partial charge in [-0.2, -0.15) is 5.10 Å². The molecule has 0 saturated heterocycles. The van der Waals surface area contributed by atoms with Crippen molar-refractivity contribution < 1.29 is 9.53 Å². The standard InChI is InChI=1S/C13H11BrN2O2/c14-11-6-15-16(7-11)8-12(17)9-1-2-13-10(5-9)3-4-18-13/h1-2,5-7H,3-4,8H2. The molecule has 3 rings (SSSR count). The van der Waals surface area contributed by atoms with Gasteiger partial charge in [-0.3, -0.25) is 9.48 Å². The van der Waals surface area contributed by atoms with Crippen molar-refractivity contribution >= 4 is 21.7 Å². The minimum atomic E-state index is 0.0558. The smallest absolute Gasteiger partial charge is 0.184 e. The van der Waals surface area contributed by atoms with Crippen LogP contribution in [0.3, 0.4) is 0 Å². The largest absolute Gasteiger partial charge is 0.493 e. The average Bonchev–Trinajstić information content (AvgIpc) is 2.96. The van der Waals surface area contributed by atoms with Gasteiger partial charge in [0, 0.05) is 18.2 Å². The first-order chi connectivity index (χ1) is 8.72. The highest BCUT2D eigenvalue weighted by molar-refractivity contribution is 9.10. The maximum absolute atomic E-state index is 12.1. The van der Waals surface area contributed by atoms with Gasteiger partial charge in [-0.25, -0.2) is 0 Å². The fourth-order valence-corrected chi connectivity index (χ4v) is 2.35. The summed E-state index contributed by atoms with van der Waals surface area (Å²) in [6.45, 7) is 0.963. The van der Waals surface area contributed by atoms with Crippen LogP contribution in [-0.4, -0.2) is 22.2 Å². The van der Waals surface area contributed by atoms with Gasteiger partial charge in [0.05, 0.1) is 17.3 Å². The lowest BCUT2D eigenvalue weighted by Gasteiger charge is -2.04. The summed E-state index contributed by atoms with van der Waals surface area (Å²) in [6, 6.07) is 5.60. The Balaban J connectivity index is 1.80. The first-order valence-electron chi connectivity index (χ1n) is 5.69. The van der Waals surface area contributed by atoms with E-state index in [2.05, 4.69) is 21.0 Å². The van der Waals surface area contributed by atoms with Crippen molar-refractivity contribution in [2.45, 2.75) is 13.0 Å². The zero-order valence-electron chi connectivity index (χ0n) is 9.60. The molecule has 18 heavy (non-hydrogen) atoms. The van der Waals surface area contributed by atoms with Crippen LogP contribution in [0.1, 0.15) is 15.9 Å². The van der Waals surface area contributed by atoms with Crippen LogP contribution >= 0.6 is 15.9 Å². The predicted octanol–water partition coefficient (Wildman–Crippen LogP) is 2.46. The molecule has 1 aliphatic rings. The van der Waals surface area contributed by atoms with E-state index in [1.165, 1.54) is 0 Å². The van der Waals surface area contributed by atoms with E-state index < -0.39 is 0 Å². The van der Waals surface area contributed by atoms with Gasteiger partial charge < -0.3 is 4.74 Å². The number of carbonyl (C=O) groups excluding carboxylic acids is 1. The summed E-state index contributed by atoms with van der Waals surface area (Å²) in [5, 5.41) is 4.08. The fraction of sp³-hybridized carbons (Fsp3) is 0.231. The molecule has 0 amide bonds. The topological polar surface area (TPSA) is 44.1 Å². The molecule has 0 unspecified atom stereocenters. The average molecular weight is 307 g/mol. The molecule has 0 saturated carbocycles. The third-order valence-electron chi connectivity index (χ3n) is 2.92. The minimum Gasteiger partial charge on any atom is -0.493 e. The number of nitrogens with zero attached hydrogens (tertiary/aromatic N) is 2. The third-order valence-corrected chi connectivity index (χ3v) is 3.33. The number of fused-ring (bicyclic) bond motifs is 1. The monoisotopic (exact) mass is 306 g/mol. The van der Waals surface area contributed by atoms with Crippen LogP contribution in [0.25, 0.3) is 0 Å². The quantitative estimate of drug-likeness (QED) is 0.818. The van der Waals surface area contributed by atoms with E-state index in [4.69, 9.17) is 4.74 Å². The van der Waals surface area contributed by atoms with E-state index in [-0.39, 0.29) is 12.3 Å².